The van der Waals surface area contributed by atoms with Crippen LogP contribution in [-0.4, -0.2) is 34.4 Å². The lowest BCUT2D eigenvalue weighted by molar-refractivity contribution is -0.116. The summed E-state index contributed by atoms with van der Waals surface area (Å²) in [4.78, 5) is 19.1. The van der Waals surface area contributed by atoms with E-state index in [0.717, 1.165) is 27.6 Å². The van der Waals surface area contributed by atoms with Crippen LogP contribution in [0.2, 0.25) is 5.02 Å². The number of aromatic nitrogens is 2. The molecule has 0 aliphatic carbocycles. The number of fused-ring (bicyclic) bond motifs is 1. The Kier molecular flexibility index (Phi) is 7.02. The van der Waals surface area contributed by atoms with Crippen molar-refractivity contribution >= 4 is 46.0 Å². The van der Waals surface area contributed by atoms with Gasteiger partial charge in [-0.1, -0.05) is 23.4 Å². The molecule has 0 saturated heterocycles. The minimum Gasteiger partial charge on any atom is -0.494 e. The van der Waals surface area contributed by atoms with Crippen molar-refractivity contribution in [3.63, 3.8) is 0 Å². The van der Waals surface area contributed by atoms with Crippen LogP contribution in [0.3, 0.4) is 0 Å². The molecule has 1 aromatic heterocycles. The number of carbonyl (C=O) groups excluding carboxylic acids is 1. The standard InChI is InChI=1S/C21H21ClN4O2S/c1-3-28-17-8-6-16(7-9-17)26(12-4-11-23)20(27)14-29-21-24-18-13-15(22)5-10-19(18)25(21)2/h5-10,13H,3-4,12,14H2,1-2H3. The van der Waals surface area contributed by atoms with E-state index in [1.807, 2.05) is 61.0 Å². The molecule has 1 amide bonds. The summed E-state index contributed by atoms with van der Waals surface area (Å²) in [7, 11) is 1.91. The zero-order valence-electron chi connectivity index (χ0n) is 16.3. The van der Waals surface area contributed by atoms with Crippen LogP contribution in [0.15, 0.2) is 47.6 Å². The molecule has 6 nitrogen and oxygen atoms in total. The molecule has 0 bridgehead atoms. The Morgan fingerprint density at radius 1 is 1.31 bits per heavy atom. The molecule has 0 fully saturated rings. The fourth-order valence-electron chi connectivity index (χ4n) is 2.93. The highest BCUT2D eigenvalue weighted by molar-refractivity contribution is 7.99. The molecule has 0 unspecified atom stereocenters. The van der Waals surface area contributed by atoms with Crippen LogP contribution < -0.4 is 9.64 Å². The number of benzene rings is 2. The van der Waals surface area contributed by atoms with Crippen LogP contribution in [0, 0.1) is 11.3 Å². The number of ether oxygens (including phenoxy) is 1. The summed E-state index contributed by atoms with van der Waals surface area (Å²) in [6.07, 6.45) is 0.258. The maximum Gasteiger partial charge on any atom is 0.237 e. The Morgan fingerprint density at radius 2 is 2.07 bits per heavy atom. The Hall–Kier alpha value is -2.69. The number of carbonyl (C=O) groups is 1. The quantitative estimate of drug-likeness (QED) is 0.488. The summed E-state index contributed by atoms with van der Waals surface area (Å²) < 4.78 is 7.40. The second kappa shape index (κ2) is 9.68. The molecule has 3 rings (SSSR count). The third-order valence-corrected chi connectivity index (χ3v) is 5.58. The molecule has 150 valence electrons. The Balaban J connectivity index is 1.75. The number of anilines is 1. The van der Waals surface area contributed by atoms with Crippen molar-refractivity contribution < 1.29 is 9.53 Å². The number of aryl methyl sites for hydroxylation is 1. The van der Waals surface area contributed by atoms with Gasteiger partial charge in [0.05, 0.1) is 35.9 Å². The summed E-state index contributed by atoms with van der Waals surface area (Å²) in [6, 6.07) is 15.0. The lowest BCUT2D eigenvalue weighted by Gasteiger charge is -2.22. The normalized spacial score (nSPS) is 10.7. The van der Waals surface area contributed by atoms with E-state index in [9.17, 15) is 4.79 Å². The minimum atomic E-state index is -0.0838. The minimum absolute atomic E-state index is 0.0838. The molecule has 0 N–H and O–H groups in total. The van der Waals surface area contributed by atoms with E-state index in [2.05, 4.69) is 11.1 Å². The number of amides is 1. The number of rotatable bonds is 8. The first kappa shape index (κ1) is 21.0. The Bertz CT molecular complexity index is 1040. The SMILES string of the molecule is CCOc1ccc(N(CCC#N)C(=O)CSc2nc3cc(Cl)ccc3n2C)cc1. The topological polar surface area (TPSA) is 71.2 Å². The molecular formula is C21H21ClN4O2S. The molecule has 0 spiro atoms. The highest BCUT2D eigenvalue weighted by Gasteiger charge is 2.18. The third-order valence-electron chi connectivity index (χ3n) is 4.33. The Labute approximate surface area is 179 Å². The summed E-state index contributed by atoms with van der Waals surface area (Å²) >= 11 is 7.41. The molecule has 3 aromatic rings. The fourth-order valence-corrected chi connectivity index (χ4v) is 3.96. The average Bonchev–Trinajstić information content (AvgIpc) is 3.02. The molecule has 0 atom stereocenters. The van der Waals surface area contributed by atoms with E-state index < -0.39 is 0 Å². The third kappa shape index (κ3) is 5.03. The second-order valence-electron chi connectivity index (χ2n) is 6.26. The number of imidazole rings is 1. The maximum absolute atomic E-state index is 12.9. The van der Waals surface area contributed by atoms with Crippen molar-refractivity contribution in [1.29, 1.82) is 5.26 Å². The Morgan fingerprint density at radius 3 is 2.76 bits per heavy atom. The van der Waals surface area contributed by atoms with E-state index in [4.69, 9.17) is 21.6 Å². The largest absolute Gasteiger partial charge is 0.494 e. The molecule has 0 radical (unpaired) electrons. The predicted octanol–water partition coefficient (Wildman–Crippen LogP) is 4.66. The van der Waals surface area contributed by atoms with Crippen molar-refractivity contribution in [1.82, 2.24) is 9.55 Å². The van der Waals surface area contributed by atoms with Crippen LogP contribution >= 0.6 is 23.4 Å². The van der Waals surface area contributed by atoms with E-state index in [-0.39, 0.29) is 18.1 Å². The van der Waals surface area contributed by atoms with Crippen molar-refractivity contribution in [2.24, 2.45) is 7.05 Å². The van der Waals surface area contributed by atoms with Gasteiger partial charge in [0, 0.05) is 24.3 Å². The van der Waals surface area contributed by atoms with Gasteiger partial charge in [0.2, 0.25) is 5.91 Å². The van der Waals surface area contributed by atoms with Crippen LogP contribution in [0.1, 0.15) is 13.3 Å². The maximum atomic E-state index is 12.9. The first-order valence-corrected chi connectivity index (χ1v) is 10.5. The van der Waals surface area contributed by atoms with Gasteiger partial charge in [0.1, 0.15) is 5.75 Å². The van der Waals surface area contributed by atoms with E-state index in [1.165, 1.54) is 11.8 Å². The molecular weight excluding hydrogens is 408 g/mol. The fraction of sp³-hybridized carbons (Fsp3) is 0.286. The van der Waals surface area contributed by atoms with Crippen LogP contribution in [0.25, 0.3) is 11.0 Å². The average molecular weight is 429 g/mol. The van der Waals surface area contributed by atoms with Gasteiger partial charge in [-0.15, -0.1) is 0 Å². The first-order valence-electron chi connectivity index (χ1n) is 9.18. The number of nitrogens with zero attached hydrogens (tertiary/aromatic N) is 4. The van der Waals surface area contributed by atoms with E-state index in [0.29, 0.717) is 18.2 Å². The first-order chi connectivity index (χ1) is 14.0. The zero-order valence-corrected chi connectivity index (χ0v) is 17.8. The highest BCUT2D eigenvalue weighted by atomic mass is 35.5. The summed E-state index contributed by atoms with van der Waals surface area (Å²) in [6.45, 7) is 2.83. The molecule has 29 heavy (non-hydrogen) atoms. The number of hydrogen-bond donors (Lipinski definition) is 0. The number of hydrogen-bond acceptors (Lipinski definition) is 5. The van der Waals surface area contributed by atoms with Gasteiger partial charge in [-0.25, -0.2) is 4.98 Å². The zero-order chi connectivity index (χ0) is 20.8. The highest BCUT2D eigenvalue weighted by Crippen LogP contribution is 2.26. The van der Waals surface area contributed by atoms with Crippen LogP contribution in [-0.2, 0) is 11.8 Å². The van der Waals surface area contributed by atoms with Crippen LogP contribution in [0.4, 0.5) is 5.69 Å². The van der Waals surface area contributed by atoms with Gasteiger partial charge < -0.3 is 14.2 Å². The smallest absolute Gasteiger partial charge is 0.237 e. The van der Waals surface area contributed by atoms with Gasteiger partial charge in [-0.2, -0.15) is 5.26 Å². The van der Waals surface area contributed by atoms with Crippen molar-refractivity contribution in [3.05, 3.63) is 47.5 Å². The lowest BCUT2D eigenvalue weighted by Crippen LogP contribution is -2.33. The van der Waals surface area contributed by atoms with E-state index >= 15 is 0 Å². The molecule has 0 saturated carbocycles. The second-order valence-corrected chi connectivity index (χ2v) is 7.63. The van der Waals surface area contributed by atoms with Crippen molar-refractivity contribution in [3.8, 4) is 11.8 Å². The van der Waals surface area contributed by atoms with Gasteiger partial charge in [0.15, 0.2) is 5.16 Å². The van der Waals surface area contributed by atoms with E-state index in [1.54, 1.807) is 4.90 Å². The van der Waals surface area contributed by atoms with Gasteiger partial charge >= 0.3 is 0 Å². The molecule has 0 aliphatic rings. The molecule has 1 heterocycles. The number of thioether (sulfide) groups is 1. The monoisotopic (exact) mass is 428 g/mol. The summed E-state index contributed by atoms with van der Waals surface area (Å²) in [5.41, 5.74) is 2.49. The number of halogens is 1. The number of nitriles is 1. The van der Waals surface area contributed by atoms with Crippen molar-refractivity contribution in [2.45, 2.75) is 18.5 Å². The van der Waals surface area contributed by atoms with Crippen molar-refractivity contribution in [2.75, 3.05) is 23.8 Å². The summed E-state index contributed by atoms with van der Waals surface area (Å²) in [5, 5.41) is 10.3. The van der Waals surface area contributed by atoms with Crippen LogP contribution in [0.5, 0.6) is 5.75 Å². The molecule has 0 aliphatic heterocycles. The predicted molar refractivity (Wildman–Crippen MR) is 117 cm³/mol. The molecule has 2 aromatic carbocycles. The lowest BCUT2D eigenvalue weighted by atomic mass is 10.2. The van der Waals surface area contributed by atoms with Gasteiger partial charge in [-0.3, -0.25) is 4.79 Å². The van der Waals surface area contributed by atoms with Gasteiger partial charge in [-0.05, 0) is 49.4 Å². The summed E-state index contributed by atoms with van der Waals surface area (Å²) in [5.74, 6) is 0.875. The van der Waals surface area contributed by atoms with Gasteiger partial charge in [0.25, 0.3) is 0 Å². The molecule has 8 heteroatoms.